The molecule has 35 heavy (non-hydrogen) atoms. The zero-order valence-electron chi connectivity index (χ0n) is 19.7. The van der Waals surface area contributed by atoms with Gasteiger partial charge < -0.3 is 20.3 Å². The number of aromatic nitrogens is 2. The van der Waals surface area contributed by atoms with E-state index in [4.69, 9.17) is 21.6 Å². The summed E-state index contributed by atoms with van der Waals surface area (Å²) in [6.45, 7) is 1.37. The molecular weight excluding hydrogens is 479 g/mol. The average Bonchev–Trinajstić information content (AvgIpc) is 2.80. The summed E-state index contributed by atoms with van der Waals surface area (Å²) in [7, 11) is 3.96. The standard InChI is InChI=1S/C25H29ClF3N5O/c1-34(2)23-19-5-3-4-6-21(19)32-24(33-23)31-18-10-7-16(8-11-18)14-30-15-17-9-12-22(20(26)13-17)35-25(27,28)29/h3-6,9,12-13,16,18,30H,7-8,10-11,14-15H2,1-2H3,(H,31,32,33). The number of hydrogen-bond acceptors (Lipinski definition) is 6. The van der Waals surface area contributed by atoms with Crippen molar-refractivity contribution in [3.63, 3.8) is 0 Å². The molecular formula is C25H29ClF3N5O. The van der Waals surface area contributed by atoms with Gasteiger partial charge in [0, 0.05) is 32.1 Å². The van der Waals surface area contributed by atoms with Crippen LogP contribution in [-0.2, 0) is 6.54 Å². The van der Waals surface area contributed by atoms with E-state index in [1.54, 1.807) is 6.07 Å². The molecule has 2 aromatic carbocycles. The van der Waals surface area contributed by atoms with Crippen LogP contribution in [0.25, 0.3) is 10.9 Å². The number of nitrogens with zero attached hydrogens (tertiary/aromatic N) is 3. The number of hydrogen-bond donors (Lipinski definition) is 2. The van der Waals surface area contributed by atoms with Crippen molar-refractivity contribution in [2.75, 3.05) is 30.9 Å². The Morgan fingerprint density at radius 1 is 1.06 bits per heavy atom. The first-order valence-electron chi connectivity index (χ1n) is 11.6. The quantitative estimate of drug-likeness (QED) is 0.389. The molecule has 1 aliphatic carbocycles. The summed E-state index contributed by atoms with van der Waals surface area (Å²) in [5.41, 5.74) is 1.73. The largest absolute Gasteiger partial charge is 0.573 e. The number of para-hydroxylation sites is 1. The van der Waals surface area contributed by atoms with Crippen LogP contribution in [0, 0.1) is 5.92 Å². The van der Waals surface area contributed by atoms with Gasteiger partial charge in [0.25, 0.3) is 0 Å². The second kappa shape index (κ2) is 10.9. The first-order valence-corrected chi connectivity index (χ1v) is 12.0. The van der Waals surface area contributed by atoms with Crippen LogP contribution < -0.4 is 20.3 Å². The van der Waals surface area contributed by atoms with E-state index in [0.717, 1.165) is 54.5 Å². The fraction of sp³-hybridized carbons (Fsp3) is 0.440. The van der Waals surface area contributed by atoms with Crippen molar-refractivity contribution in [1.29, 1.82) is 0 Å². The van der Waals surface area contributed by atoms with E-state index in [1.807, 2.05) is 43.3 Å². The van der Waals surface area contributed by atoms with Crippen molar-refractivity contribution in [3.8, 4) is 5.75 Å². The zero-order valence-corrected chi connectivity index (χ0v) is 20.5. The van der Waals surface area contributed by atoms with Gasteiger partial charge in [-0.3, -0.25) is 0 Å². The third-order valence-electron chi connectivity index (χ3n) is 6.17. The van der Waals surface area contributed by atoms with E-state index in [9.17, 15) is 13.2 Å². The minimum absolute atomic E-state index is 0.0541. The van der Waals surface area contributed by atoms with Crippen LogP contribution >= 0.6 is 11.6 Å². The first kappa shape index (κ1) is 25.3. The van der Waals surface area contributed by atoms with Crippen molar-refractivity contribution in [1.82, 2.24) is 15.3 Å². The first-order chi connectivity index (χ1) is 16.7. The predicted octanol–water partition coefficient (Wildman–Crippen LogP) is 6.01. The van der Waals surface area contributed by atoms with E-state index in [2.05, 4.69) is 15.4 Å². The Hall–Kier alpha value is -2.78. The Morgan fingerprint density at radius 3 is 2.49 bits per heavy atom. The lowest BCUT2D eigenvalue weighted by atomic mass is 9.86. The number of halogens is 4. The molecule has 0 spiro atoms. The summed E-state index contributed by atoms with van der Waals surface area (Å²) in [5.74, 6) is 1.70. The molecule has 1 aliphatic rings. The van der Waals surface area contributed by atoms with Gasteiger partial charge >= 0.3 is 6.36 Å². The van der Waals surface area contributed by atoms with Crippen molar-refractivity contribution in [3.05, 3.63) is 53.1 Å². The van der Waals surface area contributed by atoms with Crippen LogP contribution in [0.4, 0.5) is 24.9 Å². The maximum atomic E-state index is 12.4. The topological polar surface area (TPSA) is 62.3 Å². The molecule has 0 amide bonds. The van der Waals surface area contributed by atoms with Crippen LogP contribution in [0.15, 0.2) is 42.5 Å². The molecule has 6 nitrogen and oxygen atoms in total. The maximum Gasteiger partial charge on any atom is 0.573 e. The second-order valence-electron chi connectivity index (χ2n) is 9.09. The van der Waals surface area contributed by atoms with Gasteiger partial charge in [-0.15, -0.1) is 13.2 Å². The van der Waals surface area contributed by atoms with Gasteiger partial charge in [-0.25, -0.2) is 4.98 Å². The molecule has 0 aliphatic heterocycles. The smallest absolute Gasteiger partial charge is 0.404 e. The highest BCUT2D eigenvalue weighted by Gasteiger charge is 2.32. The summed E-state index contributed by atoms with van der Waals surface area (Å²) in [4.78, 5) is 11.4. The molecule has 2 N–H and O–H groups in total. The summed E-state index contributed by atoms with van der Waals surface area (Å²) in [5, 5.41) is 7.90. The molecule has 0 unspecified atom stereocenters. The number of benzene rings is 2. The lowest BCUT2D eigenvalue weighted by Gasteiger charge is -2.29. The van der Waals surface area contributed by atoms with Gasteiger partial charge in [-0.05, 0) is 68.0 Å². The normalized spacial score (nSPS) is 18.5. The Morgan fingerprint density at radius 2 is 1.80 bits per heavy atom. The molecule has 1 saturated carbocycles. The van der Waals surface area contributed by atoms with Gasteiger partial charge in [-0.1, -0.05) is 29.8 Å². The van der Waals surface area contributed by atoms with Crippen molar-refractivity contribution >= 4 is 34.3 Å². The van der Waals surface area contributed by atoms with Gasteiger partial charge in [0.15, 0.2) is 0 Å². The molecule has 0 radical (unpaired) electrons. The molecule has 188 valence electrons. The molecule has 10 heteroatoms. The molecule has 0 saturated heterocycles. The molecule has 3 aromatic rings. The van der Waals surface area contributed by atoms with Gasteiger partial charge in [0.1, 0.15) is 11.6 Å². The molecule has 1 aromatic heterocycles. The highest BCUT2D eigenvalue weighted by atomic mass is 35.5. The highest BCUT2D eigenvalue weighted by molar-refractivity contribution is 6.32. The summed E-state index contributed by atoms with van der Waals surface area (Å²) in [6, 6.07) is 12.7. The van der Waals surface area contributed by atoms with Crippen LogP contribution in [0.2, 0.25) is 5.02 Å². The van der Waals surface area contributed by atoms with Crippen molar-refractivity contribution in [2.24, 2.45) is 5.92 Å². The Labute approximate surface area is 207 Å². The average molecular weight is 508 g/mol. The van der Waals surface area contributed by atoms with Gasteiger partial charge in [-0.2, -0.15) is 4.98 Å². The molecule has 1 fully saturated rings. The fourth-order valence-electron chi connectivity index (χ4n) is 4.44. The van der Waals surface area contributed by atoms with Crippen LogP contribution in [-0.4, -0.2) is 43.0 Å². The van der Waals surface area contributed by atoms with E-state index in [-0.39, 0.29) is 10.8 Å². The summed E-state index contributed by atoms with van der Waals surface area (Å²) < 4.78 is 41.1. The van der Waals surface area contributed by atoms with Crippen molar-refractivity contribution < 1.29 is 17.9 Å². The highest BCUT2D eigenvalue weighted by Crippen LogP contribution is 2.31. The minimum atomic E-state index is -4.76. The van der Waals surface area contributed by atoms with Gasteiger partial charge in [0.05, 0.1) is 10.5 Å². The van der Waals surface area contributed by atoms with Crippen molar-refractivity contribution in [2.45, 2.75) is 44.6 Å². The maximum absolute atomic E-state index is 12.4. The van der Waals surface area contributed by atoms with Crippen LogP contribution in [0.1, 0.15) is 31.2 Å². The number of nitrogens with one attached hydrogen (secondary N) is 2. The third kappa shape index (κ3) is 6.89. The monoisotopic (exact) mass is 507 g/mol. The summed E-state index contributed by atoms with van der Waals surface area (Å²) >= 11 is 5.93. The Balaban J connectivity index is 1.25. The number of rotatable bonds is 8. The fourth-order valence-corrected chi connectivity index (χ4v) is 4.68. The predicted molar refractivity (Wildman–Crippen MR) is 133 cm³/mol. The Kier molecular flexibility index (Phi) is 7.86. The summed E-state index contributed by atoms with van der Waals surface area (Å²) in [6.07, 6.45) is -0.577. The number of ether oxygens (including phenoxy) is 1. The number of alkyl halides is 3. The Bertz CT molecular complexity index is 1150. The van der Waals surface area contributed by atoms with E-state index < -0.39 is 6.36 Å². The van der Waals surface area contributed by atoms with E-state index in [0.29, 0.717) is 24.5 Å². The van der Waals surface area contributed by atoms with E-state index >= 15 is 0 Å². The van der Waals surface area contributed by atoms with Crippen LogP contribution in [0.3, 0.4) is 0 Å². The van der Waals surface area contributed by atoms with E-state index in [1.165, 1.54) is 12.1 Å². The van der Waals surface area contributed by atoms with Crippen LogP contribution in [0.5, 0.6) is 5.75 Å². The third-order valence-corrected chi connectivity index (χ3v) is 6.47. The minimum Gasteiger partial charge on any atom is -0.404 e. The van der Waals surface area contributed by atoms with Gasteiger partial charge in [0.2, 0.25) is 5.95 Å². The molecule has 0 bridgehead atoms. The number of fused-ring (bicyclic) bond motifs is 1. The lowest BCUT2D eigenvalue weighted by Crippen LogP contribution is -2.31. The zero-order chi connectivity index (χ0) is 25.0. The SMILES string of the molecule is CN(C)c1nc(NC2CCC(CNCc3ccc(OC(F)(F)F)c(Cl)c3)CC2)nc2ccccc12. The molecule has 4 rings (SSSR count). The number of anilines is 2. The molecule has 0 atom stereocenters. The lowest BCUT2D eigenvalue weighted by molar-refractivity contribution is -0.274. The molecule has 1 heterocycles. The second-order valence-corrected chi connectivity index (χ2v) is 9.50.